The smallest absolute Gasteiger partial charge is 0.185 e. The maximum absolute atomic E-state index is 12.3. The number of benzene rings is 2. The molecule has 0 aliphatic heterocycles. The van der Waals surface area contributed by atoms with Crippen molar-refractivity contribution in [2.45, 2.75) is 33.6 Å². The first-order valence-electron chi connectivity index (χ1n) is 8.53. The number of aromatic hydroxyl groups is 2. The highest BCUT2D eigenvalue weighted by Crippen LogP contribution is 2.36. The van der Waals surface area contributed by atoms with Crippen LogP contribution in [0.1, 0.15) is 47.8 Å². The minimum Gasteiger partial charge on any atom is -0.508 e. The average Bonchev–Trinajstić information content (AvgIpc) is 2.62. The minimum atomic E-state index is -0.161. The van der Waals surface area contributed by atoms with Gasteiger partial charge in [0, 0.05) is 16.7 Å². The first-order valence-corrected chi connectivity index (χ1v) is 8.53. The van der Waals surface area contributed by atoms with E-state index in [1.165, 1.54) is 18.2 Å². The Morgan fingerprint density at radius 2 is 1.76 bits per heavy atom. The molecule has 2 aromatic rings. The Bertz CT molecular complexity index is 773. The number of hydrogen-bond donors (Lipinski definition) is 2. The van der Waals surface area contributed by atoms with Crippen molar-refractivity contribution in [3.63, 3.8) is 0 Å². The summed E-state index contributed by atoms with van der Waals surface area (Å²) in [4.78, 5) is 12.3. The SMILES string of the molecule is CCOc1c(/C=C/C(=O)c2ccc(O)cc2)cc(CC)c(O)c1CC. The molecule has 0 radical (unpaired) electrons. The van der Waals surface area contributed by atoms with E-state index in [-0.39, 0.29) is 17.3 Å². The lowest BCUT2D eigenvalue weighted by molar-refractivity contribution is 0.104. The molecule has 0 aromatic heterocycles. The molecule has 0 heterocycles. The van der Waals surface area contributed by atoms with E-state index in [0.717, 1.165) is 16.7 Å². The fraction of sp³-hybridized carbons (Fsp3) is 0.286. The van der Waals surface area contributed by atoms with Crippen LogP contribution in [-0.4, -0.2) is 22.6 Å². The van der Waals surface area contributed by atoms with Crippen molar-refractivity contribution in [3.8, 4) is 17.2 Å². The third-order valence-electron chi connectivity index (χ3n) is 4.05. The molecule has 4 heteroatoms. The highest BCUT2D eigenvalue weighted by molar-refractivity contribution is 6.07. The number of allylic oxidation sites excluding steroid dienone is 1. The Morgan fingerprint density at radius 3 is 2.32 bits per heavy atom. The number of ketones is 1. The molecule has 0 bridgehead atoms. The Hall–Kier alpha value is -2.75. The third kappa shape index (κ3) is 4.21. The van der Waals surface area contributed by atoms with Gasteiger partial charge < -0.3 is 14.9 Å². The van der Waals surface area contributed by atoms with Crippen LogP contribution in [0.3, 0.4) is 0 Å². The third-order valence-corrected chi connectivity index (χ3v) is 4.05. The van der Waals surface area contributed by atoms with E-state index in [0.29, 0.717) is 30.8 Å². The summed E-state index contributed by atoms with van der Waals surface area (Å²) in [5.74, 6) is 0.856. The number of ether oxygens (including phenoxy) is 1. The van der Waals surface area contributed by atoms with Gasteiger partial charge in [-0.25, -0.2) is 0 Å². The highest BCUT2D eigenvalue weighted by atomic mass is 16.5. The second kappa shape index (κ2) is 8.38. The van der Waals surface area contributed by atoms with Gasteiger partial charge >= 0.3 is 0 Å². The summed E-state index contributed by atoms with van der Waals surface area (Å²) in [5, 5.41) is 19.7. The Balaban J connectivity index is 2.42. The number of phenols is 2. The van der Waals surface area contributed by atoms with Crippen molar-refractivity contribution < 1.29 is 19.7 Å². The van der Waals surface area contributed by atoms with Crippen molar-refractivity contribution >= 4 is 11.9 Å². The van der Waals surface area contributed by atoms with E-state index in [4.69, 9.17) is 4.74 Å². The maximum Gasteiger partial charge on any atom is 0.185 e. The van der Waals surface area contributed by atoms with Gasteiger partial charge in [-0.1, -0.05) is 13.8 Å². The van der Waals surface area contributed by atoms with E-state index < -0.39 is 0 Å². The van der Waals surface area contributed by atoms with Crippen molar-refractivity contribution in [2.24, 2.45) is 0 Å². The molecule has 0 fully saturated rings. The summed E-state index contributed by atoms with van der Waals surface area (Å²) in [5.41, 5.74) is 2.87. The monoisotopic (exact) mass is 340 g/mol. The van der Waals surface area contributed by atoms with Gasteiger partial charge in [-0.3, -0.25) is 4.79 Å². The molecule has 0 aliphatic carbocycles. The number of hydrogen-bond acceptors (Lipinski definition) is 4. The second-order valence-electron chi connectivity index (χ2n) is 5.67. The fourth-order valence-corrected chi connectivity index (χ4v) is 2.72. The fourth-order valence-electron chi connectivity index (χ4n) is 2.72. The van der Waals surface area contributed by atoms with Crippen molar-refractivity contribution in [3.05, 3.63) is 58.7 Å². The standard InChI is InChI=1S/C21H24O4/c1-4-14-13-16(21(25-6-3)18(5-2)20(14)24)9-12-19(23)15-7-10-17(22)11-8-15/h7-13,22,24H,4-6H2,1-3H3/b12-9+. The van der Waals surface area contributed by atoms with Gasteiger partial charge in [0.15, 0.2) is 5.78 Å². The zero-order valence-electron chi connectivity index (χ0n) is 14.9. The molecule has 0 saturated heterocycles. The molecule has 2 rings (SSSR count). The van der Waals surface area contributed by atoms with E-state index in [9.17, 15) is 15.0 Å². The van der Waals surface area contributed by atoms with Crippen LogP contribution in [0.15, 0.2) is 36.4 Å². The minimum absolute atomic E-state index is 0.123. The molecule has 0 saturated carbocycles. The lowest BCUT2D eigenvalue weighted by Gasteiger charge is -2.16. The first kappa shape index (κ1) is 18.6. The van der Waals surface area contributed by atoms with E-state index in [2.05, 4.69) is 0 Å². The Morgan fingerprint density at radius 1 is 1.08 bits per heavy atom. The average molecular weight is 340 g/mol. The van der Waals surface area contributed by atoms with E-state index >= 15 is 0 Å². The van der Waals surface area contributed by atoms with Crippen LogP contribution in [0.25, 0.3) is 6.08 Å². The molecule has 132 valence electrons. The molecule has 0 aliphatic rings. The highest BCUT2D eigenvalue weighted by Gasteiger charge is 2.16. The van der Waals surface area contributed by atoms with Crippen LogP contribution in [-0.2, 0) is 12.8 Å². The number of carbonyl (C=O) groups excluding carboxylic acids is 1. The summed E-state index contributed by atoms with van der Waals surface area (Å²) >= 11 is 0. The van der Waals surface area contributed by atoms with E-state index in [1.54, 1.807) is 18.2 Å². The molecule has 0 unspecified atom stereocenters. The number of rotatable bonds is 7. The van der Waals surface area contributed by atoms with Crippen LogP contribution in [0.2, 0.25) is 0 Å². The van der Waals surface area contributed by atoms with Crippen molar-refractivity contribution in [2.75, 3.05) is 6.61 Å². The van der Waals surface area contributed by atoms with Crippen LogP contribution in [0.4, 0.5) is 0 Å². The summed E-state index contributed by atoms with van der Waals surface area (Å²) < 4.78 is 5.74. The molecular formula is C21H24O4. The second-order valence-corrected chi connectivity index (χ2v) is 5.67. The summed E-state index contributed by atoms with van der Waals surface area (Å²) in [6.45, 7) is 6.31. The maximum atomic E-state index is 12.3. The van der Waals surface area contributed by atoms with Gasteiger partial charge in [0.05, 0.1) is 6.61 Å². The van der Waals surface area contributed by atoms with Gasteiger partial charge in [-0.2, -0.15) is 0 Å². The predicted molar refractivity (Wildman–Crippen MR) is 99.5 cm³/mol. The van der Waals surface area contributed by atoms with Gasteiger partial charge in [-0.15, -0.1) is 0 Å². The molecule has 0 amide bonds. The van der Waals surface area contributed by atoms with E-state index in [1.807, 2.05) is 26.8 Å². The molecule has 25 heavy (non-hydrogen) atoms. The molecular weight excluding hydrogens is 316 g/mol. The topological polar surface area (TPSA) is 66.8 Å². The lowest BCUT2D eigenvalue weighted by Crippen LogP contribution is -2.02. The molecule has 0 atom stereocenters. The molecule has 4 nitrogen and oxygen atoms in total. The number of carbonyl (C=O) groups is 1. The number of phenolic OH excluding ortho intramolecular Hbond substituents is 2. The van der Waals surface area contributed by atoms with Crippen LogP contribution < -0.4 is 4.74 Å². The lowest BCUT2D eigenvalue weighted by atomic mass is 9.98. The quantitative estimate of drug-likeness (QED) is 0.574. The van der Waals surface area contributed by atoms with Gasteiger partial charge in [0.1, 0.15) is 17.2 Å². The zero-order valence-corrected chi connectivity index (χ0v) is 14.9. The largest absolute Gasteiger partial charge is 0.508 e. The summed E-state index contributed by atoms with van der Waals surface area (Å²) in [6.07, 6.45) is 4.54. The van der Waals surface area contributed by atoms with Gasteiger partial charge in [0.2, 0.25) is 0 Å². The van der Waals surface area contributed by atoms with Crippen LogP contribution >= 0.6 is 0 Å². The summed E-state index contributed by atoms with van der Waals surface area (Å²) in [7, 11) is 0. The molecule has 2 aromatic carbocycles. The van der Waals surface area contributed by atoms with Gasteiger partial charge in [0.25, 0.3) is 0 Å². The number of aryl methyl sites for hydroxylation is 1. The Labute approximate surface area is 148 Å². The zero-order chi connectivity index (χ0) is 18.4. The Kier molecular flexibility index (Phi) is 6.23. The normalized spacial score (nSPS) is 11.0. The molecule has 0 spiro atoms. The van der Waals surface area contributed by atoms with Gasteiger partial charge in [-0.05, 0) is 67.8 Å². The first-order chi connectivity index (χ1) is 12.0. The summed E-state index contributed by atoms with van der Waals surface area (Å²) in [6, 6.07) is 7.99. The van der Waals surface area contributed by atoms with Crippen LogP contribution in [0.5, 0.6) is 17.2 Å². The van der Waals surface area contributed by atoms with Crippen LogP contribution in [0, 0.1) is 0 Å². The molecule has 2 N–H and O–H groups in total. The van der Waals surface area contributed by atoms with Crippen molar-refractivity contribution in [1.82, 2.24) is 0 Å². The predicted octanol–water partition coefficient (Wildman–Crippen LogP) is 4.52. The van der Waals surface area contributed by atoms with Crippen molar-refractivity contribution in [1.29, 1.82) is 0 Å².